The zero-order valence-corrected chi connectivity index (χ0v) is 14.2. The van der Waals surface area contributed by atoms with Crippen LogP contribution in [0.15, 0.2) is 18.2 Å². The minimum atomic E-state index is -0.427. The van der Waals surface area contributed by atoms with Gasteiger partial charge in [-0.05, 0) is 42.9 Å². The van der Waals surface area contributed by atoms with Crippen LogP contribution in [0.1, 0.15) is 44.2 Å². The van der Waals surface area contributed by atoms with E-state index in [1.807, 2.05) is 25.1 Å². The standard InChI is InChI=1S/C17H24N2O3.ClH/c1-2-3-13(18)17(20)19-16(11-4-5-11)12-6-7-14-15(10-12)22-9-8-21-14;/h6-7,10-11,13,16H,2-5,8-9,18H2,1H3,(H,19,20);1H. The number of rotatable bonds is 6. The number of hydrogen-bond donors (Lipinski definition) is 2. The van der Waals surface area contributed by atoms with Gasteiger partial charge in [0.2, 0.25) is 5.91 Å². The van der Waals surface area contributed by atoms with Crippen LogP contribution >= 0.6 is 12.4 Å². The number of fused-ring (bicyclic) bond motifs is 1. The lowest BCUT2D eigenvalue weighted by atomic mass is 10.0. The number of benzene rings is 1. The molecule has 6 heteroatoms. The monoisotopic (exact) mass is 340 g/mol. The maximum Gasteiger partial charge on any atom is 0.237 e. The highest BCUT2D eigenvalue weighted by atomic mass is 35.5. The Morgan fingerprint density at radius 1 is 1.30 bits per heavy atom. The topological polar surface area (TPSA) is 73.6 Å². The first-order chi connectivity index (χ1) is 10.7. The van der Waals surface area contributed by atoms with Gasteiger partial charge in [-0.15, -0.1) is 12.4 Å². The quantitative estimate of drug-likeness (QED) is 0.834. The number of ether oxygens (including phenoxy) is 2. The Balaban J connectivity index is 0.00000192. The molecular weight excluding hydrogens is 316 g/mol. The zero-order chi connectivity index (χ0) is 15.5. The van der Waals surface area contributed by atoms with Crippen molar-refractivity contribution in [3.05, 3.63) is 23.8 Å². The van der Waals surface area contributed by atoms with E-state index in [2.05, 4.69) is 5.32 Å². The first-order valence-corrected chi connectivity index (χ1v) is 8.14. The minimum Gasteiger partial charge on any atom is -0.486 e. The Labute approximate surface area is 143 Å². The molecule has 1 fully saturated rings. The highest BCUT2D eigenvalue weighted by Crippen LogP contribution is 2.43. The van der Waals surface area contributed by atoms with Gasteiger partial charge in [-0.25, -0.2) is 0 Å². The van der Waals surface area contributed by atoms with Crippen molar-refractivity contribution in [3.8, 4) is 11.5 Å². The third-order valence-corrected chi connectivity index (χ3v) is 4.25. The molecule has 128 valence electrons. The van der Waals surface area contributed by atoms with E-state index in [1.165, 1.54) is 0 Å². The van der Waals surface area contributed by atoms with Crippen LogP contribution in [0.2, 0.25) is 0 Å². The van der Waals surface area contributed by atoms with E-state index in [1.54, 1.807) is 0 Å². The summed E-state index contributed by atoms with van der Waals surface area (Å²) >= 11 is 0. The predicted octanol–water partition coefficient (Wildman–Crippen LogP) is 2.57. The van der Waals surface area contributed by atoms with Crippen LogP contribution in [0.5, 0.6) is 11.5 Å². The van der Waals surface area contributed by atoms with Gasteiger partial charge in [0.25, 0.3) is 0 Å². The Hall–Kier alpha value is -1.46. The lowest BCUT2D eigenvalue weighted by molar-refractivity contribution is -0.123. The molecule has 1 aliphatic heterocycles. The molecule has 2 unspecified atom stereocenters. The van der Waals surface area contributed by atoms with Crippen molar-refractivity contribution in [2.24, 2.45) is 11.7 Å². The molecule has 0 saturated heterocycles. The van der Waals surface area contributed by atoms with E-state index in [9.17, 15) is 4.79 Å². The molecule has 23 heavy (non-hydrogen) atoms. The van der Waals surface area contributed by atoms with Crippen molar-refractivity contribution < 1.29 is 14.3 Å². The van der Waals surface area contributed by atoms with Crippen molar-refractivity contribution in [3.63, 3.8) is 0 Å². The number of amides is 1. The van der Waals surface area contributed by atoms with Crippen LogP contribution in [0.3, 0.4) is 0 Å². The number of halogens is 1. The third kappa shape index (κ3) is 4.30. The van der Waals surface area contributed by atoms with Crippen molar-refractivity contribution in [1.29, 1.82) is 0 Å². The molecule has 0 aromatic heterocycles. The van der Waals surface area contributed by atoms with Crippen molar-refractivity contribution >= 4 is 18.3 Å². The molecule has 1 aromatic carbocycles. The second kappa shape index (κ2) is 7.88. The second-order valence-electron chi connectivity index (χ2n) is 6.12. The molecule has 3 rings (SSSR count). The summed E-state index contributed by atoms with van der Waals surface area (Å²) in [6.45, 7) is 3.19. The maximum atomic E-state index is 12.2. The molecule has 1 heterocycles. The third-order valence-electron chi connectivity index (χ3n) is 4.25. The van der Waals surface area contributed by atoms with E-state index in [0.717, 1.165) is 36.3 Å². The second-order valence-corrected chi connectivity index (χ2v) is 6.12. The summed E-state index contributed by atoms with van der Waals surface area (Å²) in [5.41, 5.74) is 7.00. The van der Waals surface area contributed by atoms with E-state index in [-0.39, 0.29) is 24.4 Å². The van der Waals surface area contributed by atoms with Gasteiger partial charge in [-0.2, -0.15) is 0 Å². The van der Waals surface area contributed by atoms with Gasteiger partial charge in [-0.3, -0.25) is 4.79 Å². The highest BCUT2D eigenvalue weighted by Gasteiger charge is 2.34. The number of hydrogen-bond acceptors (Lipinski definition) is 4. The molecule has 0 bridgehead atoms. The number of carbonyl (C=O) groups is 1. The van der Waals surface area contributed by atoms with E-state index in [4.69, 9.17) is 15.2 Å². The molecule has 0 radical (unpaired) electrons. The molecule has 1 saturated carbocycles. The van der Waals surface area contributed by atoms with Gasteiger partial charge in [-0.1, -0.05) is 19.4 Å². The smallest absolute Gasteiger partial charge is 0.237 e. The van der Waals surface area contributed by atoms with Crippen molar-refractivity contribution in [2.45, 2.75) is 44.7 Å². The molecule has 1 aliphatic carbocycles. The summed E-state index contributed by atoms with van der Waals surface area (Å²) in [6, 6.07) is 5.53. The lowest BCUT2D eigenvalue weighted by Gasteiger charge is -2.24. The Morgan fingerprint density at radius 2 is 2.00 bits per heavy atom. The fourth-order valence-electron chi connectivity index (χ4n) is 2.86. The molecular formula is C17H25ClN2O3. The summed E-state index contributed by atoms with van der Waals surface area (Å²) in [5.74, 6) is 1.98. The van der Waals surface area contributed by atoms with Crippen molar-refractivity contribution in [1.82, 2.24) is 5.32 Å². The van der Waals surface area contributed by atoms with E-state index >= 15 is 0 Å². The van der Waals surface area contributed by atoms with E-state index in [0.29, 0.717) is 25.6 Å². The van der Waals surface area contributed by atoms with Gasteiger partial charge in [0.1, 0.15) is 13.2 Å². The molecule has 3 N–H and O–H groups in total. The molecule has 0 spiro atoms. The van der Waals surface area contributed by atoms with Gasteiger partial charge >= 0.3 is 0 Å². The normalized spacial score (nSPS) is 18.5. The van der Waals surface area contributed by atoms with Gasteiger partial charge < -0.3 is 20.5 Å². The van der Waals surface area contributed by atoms with Gasteiger partial charge in [0, 0.05) is 0 Å². The lowest BCUT2D eigenvalue weighted by Crippen LogP contribution is -2.42. The Morgan fingerprint density at radius 3 is 2.65 bits per heavy atom. The molecule has 5 nitrogen and oxygen atoms in total. The number of nitrogens with one attached hydrogen (secondary N) is 1. The summed E-state index contributed by atoms with van der Waals surface area (Å²) in [6.07, 6.45) is 3.90. The Bertz CT molecular complexity index is 549. The summed E-state index contributed by atoms with van der Waals surface area (Å²) in [4.78, 5) is 12.2. The summed E-state index contributed by atoms with van der Waals surface area (Å²) in [7, 11) is 0. The van der Waals surface area contributed by atoms with E-state index < -0.39 is 6.04 Å². The largest absolute Gasteiger partial charge is 0.486 e. The maximum absolute atomic E-state index is 12.2. The van der Waals surface area contributed by atoms with Crippen LogP contribution in [-0.2, 0) is 4.79 Å². The fourth-order valence-corrected chi connectivity index (χ4v) is 2.86. The van der Waals surface area contributed by atoms with Crippen LogP contribution in [0.4, 0.5) is 0 Å². The van der Waals surface area contributed by atoms with Crippen LogP contribution in [0.25, 0.3) is 0 Å². The average molecular weight is 341 g/mol. The summed E-state index contributed by atoms with van der Waals surface area (Å²) in [5, 5.41) is 3.13. The van der Waals surface area contributed by atoms with Crippen LogP contribution < -0.4 is 20.5 Å². The average Bonchev–Trinajstić information content (AvgIpc) is 3.37. The summed E-state index contributed by atoms with van der Waals surface area (Å²) < 4.78 is 11.2. The number of carbonyl (C=O) groups excluding carboxylic acids is 1. The van der Waals surface area contributed by atoms with Gasteiger partial charge in [0.15, 0.2) is 11.5 Å². The zero-order valence-electron chi connectivity index (χ0n) is 13.4. The minimum absolute atomic E-state index is 0. The SMILES string of the molecule is CCCC(N)C(=O)NC(c1ccc2c(c1)OCCO2)C1CC1.Cl. The number of nitrogens with two attached hydrogens (primary N) is 1. The molecule has 1 amide bonds. The predicted molar refractivity (Wildman–Crippen MR) is 91.2 cm³/mol. The highest BCUT2D eigenvalue weighted by molar-refractivity contribution is 5.85. The van der Waals surface area contributed by atoms with Crippen molar-refractivity contribution in [2.75, 3.05) is 13.2 Å². The van der Waals surface area contributed by atoms with Crippen LogP contribution in [-0.4, -0.2) is 25.2 Å². The molecule has 1 aromatic rings. The fraction of sp³-hybridized carbons (Fsp3) is 0.588. The first kappa shape index (κ1) is 17.9. The molecule has 2 atom stereocenters. The van der Waals surface area contributed by atoms with Crippen LogP contribution in [0, 0.1) is 5.92 Å². The molecule has 2 aliphatic rings. The first-order valence-electron chi connectivity index (χ1n) is 8.14. The van der Waals surface area contributed by atoms with Gasteiger partial charge in [0.05, 0.1) is 12.1 Å². The Kier molecular flexibility index (Phi) is 6.13.